The van der Waals surface area contributed by atoms with Gasteiger partial charge in [-0.1, -0.05) is 23.7 Å². The van der Waals surface area contributed by atoms with Crippen molar-refractivity contribution < 1.29 is 0 Å². The SMILES string of the molecule is NCC1CCCc2[nH]c3c(Cl)cccc3c21. The summed E-state index contributed by atoms with van der Waals surface area (Å²) in [5.74, 6) is 0.496. The first-order valence-corrected chi connectivity index (χ1v) is 6.18. The topological polar surface area (TPSA) is 41.8 Å². The maximum Gasteiger partial charge on any atom is 0.0648 e. The van der Waals surface area contributed by atoms with Crippen LogP contribution in [0.25, 0.3) is 10.9 Å². The molecule has 0 amide bonds. The summed E-state index contributed by atoms with van der Waals surface area (Å²) in [5, 5.41) is 2.07. The zero-order valence-corrected chi connectivity index (χ0v) is 9.85. The molecule has 3 N–H and O–H groups in total. The number of hydrogen-bond acceptors (Lipinski definition) is 1. The molecule has 1 aliphatic carbocycles. The Kier molecular flexibility index (Phi) is 2.41. The van der Waals surface area contributed by atoms with Crippen molar-refractivity contribution in [3.8, 4) is 0 Å². The normalized spacial score (nSPS) is 20.0. The first-order valence-electron chi connectivity index (χ1n) is 5.80. The molecule has 0 radical (unpaired) electrons. The van der Waals surface area contributed by atoms with Gasteiger partial charge in [0, 0.05) is 11.1 Å². The molecule has 3 rings (SSSR count). The molecule has 16 heavy (non-hydrogen) atoms. The van der Waals surface area contributed by atoms with E-state index in [2.05, 4.69) is 11.1 Å². The molecule has 2 aromatic rings. The highest BCUT2D eigenvalue weighted by atomic mass is 35.5. The van der Waals surface area contributed by atoms with Crippen LogP contribution >= 0.6 is 11.6 Å². The fourth-order valence-corrected chi connectivity index (χ4v) is 3.05. The molecule has 1 aliphatic rings. The van der Waals surface area contributed by atoms with Crippen LogP contribution in [0.2, 0.25) is 5.02 Å². The van der Waals surface area contributed by atoms with Gasteiger partial charge < -0.3 is 10.7 Å². The van der Waals surface area contributed by atoms with Gasteiger partial charge in [-0.2, -0.15) is 0 Å². The lowest BCUT2D eigenvalue weighted by Gasteiger charge is -2.21. The number of hydrogen-bond donors (Lipinski definition) is 2. The minimum absolute atomic E-state index is 0.496. The summed E-state index contributed by atoms with van der Waals surface area (Å²) in [6.45, 7) is 0.729. The standard InChI is InChI=1S/C13H15ClN2/c14-10-5-2-4-9-12-8(7-15)3-1-6-11(12)16-13(9)10/h2,4-5,8,16H,1,3,6-7,15H2. The van der Waals surface area contributed by atoms with Crippen LogP contribution in [-0.4, -0.2) is 11.5 Å². The second-order valence-electron chi connectivity index (χ2n) is 4.50. The van der Waals surface area contributed by atoms with Gasteiger partial charge in [0.1, 0.15) is 0 Å². The molecule has 1 aromatic heterocycles. The fraction of sp³-hybridized carbons (Fsp3) is 0.385. The predicted molar refractivity (Wildman–Crippen MR) is 68.0 cm³/mol. The van der Waals surface area contributed by atoms with E-state index in [0.717, 1.165) is 23.5 Å². The Bertz CT molecular complexity index is 530. The summed E-state index contributed by atoms with van der Waals surface area (Å²) in [6, 6.07) is 6.09. The molecule has 0 fully saturated rings. The van der Waals surface area contributed by atoms with Crippen molar-refractivity contribution in [2.75, 3.05) is 6.54 Å². The minimum Gasteiger partial charge on any atom is -0.357 e. The highest BCUT2D eigenvalue weighted by Gasteiger charge is 2.23. The maximum absolute atomic E-state index is 6.21. The molecule has 1 atom stereocenters. The highest BCUT2D eigenvalue weighted by Crippen LogP contribution is 2.38. The Morgan fingerprint density at radius 2 is 2.31 bits per heavy atom. The number of rotatable bonds is 1. The van der Waals surface area contributed by atoms with E-state index in [1.807, 2.05) is 12.1 Å². The summed E-state index contributed by atoms with van der Waals surface area (Å²) < 4.78 is 0. The van der Waals surface area contributed by atoms with Crippen LogP contribution in [-0.2, 0) is 6.42 Å². The Hall–Kier alpha value is -0.990. The fourth-order valence-electron chi connectivity index (χ4n) is 2.83. The molecular formula is C13H15ClN2. The summed E-state index contributed by atoms with van der Waals surface area (Å²) in [7, 11) is 0. The van der Waals surface area contributed by atoms with Crippen molar-refractivity contribution >= 4 is 22.5 Å². The second kappa shape index (κ2) is 3.79. The van der Waals surface area contributed by atoms with Gasteiger partial charge in [0.05, 0.1) is 10.5 Å². The number of aromatic nitrogens is 1. The number of para-hydroxylation sites is 1. The summed E-state index contributed by atoms with van der Waals surface area (Å²) in [5.41, 5.74) is 9.68. The van der Waals surface area contributed by atoms with Crippen LogP contribution in [0.5, 0.6) is 0 Å². The lowest BCUT2D eigenvalue weighted by molar-refractivity contribution is 0.560. The molecule has 0 bridgehead atoms. The van der Waals surface area contributed by atoms with Crippen LogP contribution < -0.4 is 5.73 Å². The molecule has 1 unspecified atom stereocenters. The van der Waals surface area contributed by atoms with Crippen LogP contribution in [0.15, 0.2) is 18.2 Å². The van der Waals surface area contributed by atoms with Gasteiger partial charge in [0.25, 0.3) is 0 Å². The van der Waals surface area contributed by atoms with Gasteiger partial charge in [0.2, 0.25) is 0 Å². The van der Waals surface area contributed by atoms with Crippen molar-refractivity contribution in [2.24, 2.45) is 5.73 Å². The lowest BCUT2D eigenvalue weighted by atomic mass is 9.85. The first kappa shape index (κ1) is 10.2. The van der Waals surface area contributed by atoms with Gasteiger partial charge >= 0.3 is 0 Å². The number of fused-ring (bicyclic) bond motifs is 3. The van der Waals surface area contributed by atoms with Crippen molar-refractivity contribution in [2.45, 2.75) is 25.2 Å². The van der Waals surface area contributed by atoms with Crippen molar-refractivity contribution in [3.05, 3.63) is 34.5 Å². The van der Waals surface area contributed by atoms with Crippen LogP contribution in [0, 0.1) is 0 Å². The third kappa shape index (κ3) is 1.37. The Morgan fingerprint density at radius 1 is 1.44 bits per heavy atom. The molecule has 3 heteroatoms. The maximum atomic E-state index is 6.21. The second-order valence-corrected chi connectivity index (χ2v) is 4.91. The number of halogens is 1. The molecule has 0 aliphatic heterocycles. The summed E-state index contributed by atoms with van der Waals surface area (Å²) in [6.07, 6.45) is 3.54. The van der Waals surface area contributed by atoms with Crippen LogP contribution in [0.4, 0.5) is 0 Å². The Labute approximate surface area is 99.8 Å². The number of aromatic amines is 1. The van der Waals surface area contributed by atoms with Crippen molar-refractivity contribution in [3.63, 3.8) is 0 Å². The third-order valence-electron chi connectivity index (χ3n) is 3.58. The number of nitrogens with two attached hydrogens (primary N) is 1. The average Bonchev–Trinajstić information content (AvgIpc) is 2.69. The molecule has 1 aromatic carbocycles. The van der Waals surface area contributed by atoms with Gasteiger partial charge in [-0.3, -0.25) is 0 Å². The Balaban J connectivity index is 2.30. The molecule has 2 nitrogen and oxygen atoms in total. The van der Waals surface area contributed by atoms with E-state index in [1.165, 1.54) is 29.5 Å². The molecule has 0 saturated carbocycles. The zero-order chi connectivity index (χ0) is 11.1. The van der Waals surface area contributed by atoms with E-state index in [9.17, 15) is 0 Å². The van der Waals surface area contributed by atoms with Crippen molar-refractivity contribution in [1.29, 1.82) is 0 Å². The number of benzene rings is 1. The summed E-state index contributed by atoms with van der Waals surface area (Å²) in [4.78, 5) is 3.46. The van der Waals surface area contributed by atoms with E-state index in [0.29, 0.717) is 5.92 Å². The molecular weight excluding hydrogens is 220 g/mol. The molecule has 0 spiro atoms. The van der Waals surface area contributed by atoms with Gasteiger partial charge in [-0.15, -0.1) is 0 Å². The van der Waals surface area contributed by atoms with Crippen LogP contribution in [0.1, 0.15) is 30.0 Å². The molecule has 1 heterocycles. The number of H-pyrrole nitrogens is 1. The van der Waals surface area contributed by atoms with Gasteiger partial charge in [-0.25, -0.2) is 0 Å². The van der Waals surface area contributed by atoms with Gasteiger partial charge in [-0.05, 0) is 43.4 Å². The van der Waals surface area contributed by atoms with Crippen molar-refractivity contribution in [1.82, 2.24) is 4.98 Å². The average molecular weight is 235 g/mol. The summed E-state index contributed by atoms with van der Waals surface area (Å²) >= 11 is 6.21. The number of aryl methyl sites for hydroxylation is 1. The Morgan fingerprint density at radius 3 is 3.12 bits per heavy atom. The van der Waals surface area contributed by atoms with E-state index >= 15 is 0 Å². The van der Waals surface area contributed by atoms with E-state index in [1.54, 1.807) is 0 Å². The first-order chi connectivity index (χ1) is 7.81. The smallest absolute Gasteiger partial charge is 0.0648 e. The van der Waals surface area contributed by atoms with Gasteiger partial charge in [0.15, 0.2) is 0 Å². The predicted octanol–water partition coefficient (Wildman–Crippen LogP) is 3.20. The molecule has 0 saturated heterocycles. The van der Waals surface area contributed by atoms with E-state index in [4.69, 9.17) is 17.3 Å². The van der Waals surface area contributed by atoms with Crippen LogP contribution in [0.3, 0.4) is 0 Å². The quantitative estimate of drug-likeness (QED) is 0.782. The third-order valence-corrected chi connectivity index (χ3v) is 3.89. The monoisotopic (exact) mass is 234 g/mol. The molecule has 84 valence electrons. The minimum atomic E-state index is 0.496. The number of nitrogens with one attached hydrogen (secondary N) is 1. The van der Waals surface area contributed by atoms with E-state index in [-0.39, 0.29) is 0 Å². The zero-order valence-electron chi connectivity index (χ0n) is 9.09. The highest BCUT2D eigenvalue weighted by molar-refractivity contribution is 6.35. The van der Waals surface area contributed by atoms with E-state index < -0.39 is 0 Å². The lowest BCUT2D eigenvalue weighted by Crippen LogP contribution is -2.17. The largest absolute Gasteiger partial charge is 0.357 e.